The normalized spacial score (nSPS) is 11.9. The Morgan fingerprint density at radius 1 is 1.32 bits per heavy atom. The zero-order chi connectivity index (χ0) is 18.4. The summed E-state index contributed by atoms with van der Waals surface area (Å²) in [4.78, 5) is 22.2. The molecule has 0 fully saturated rings. The van der Waals surface area contributed by atoms with E-state index in [4.69, 9.17) is 0 Å². The predicted octanol–water partition coefficient (Wildman–Crippen LogP) is 2.56. The highest BCUT2D eigenvalue weighted by Crippen LogP contribution is 2.21. The molecule has 3 N–H and O–H groups in total. The first-order valence-electron chi connectivity index (χ1n) is 7.51. The fourth-order valence-corrected chi connectivity index (χ4v) is 2.05. The molecule has 130 valence electrons. The van der Waals surface area contributed by atoms with Gasteiger partial charge in [-0.2, -0.15) is 5.10 Å². The number of aryl methyl sites for hydroxylation is 1. The Hall–Kier alpha value is -3.42. The van der Waals surface area contributed by atoms with E-state index >= 15 is 0 Å². The van der Waals surface area contributed by atoms with E-state index in [1.807, 2.05) is 31.2 Å². The Morgan fingerprint density at radius 3 is 2.72 bits per heavy atom. The summed E-state index contributed by atoms with van der Waals surface area (Å²) in [5.74, 6) is -0.556. The van der Waals surface area contributed by atoms with Crippen molar-refractivity contribution < 1.29 is 14.8 Å². The van der Waals surface area contributed by atoms with Crippen LogP contribution in [0.2, 0.25) is 0 Å². The Labute approximate surface area is 144 Å². The third kappa shape index (κ3) is 4.77. The predicted molar refractivity (Wildman–Crippen MR) is 94.8 cm³/mol. The Kier molecular flexibility index (Phi) is 5.67. The molecule has 2 rings (SSSR count). The second kappa shape index (κ2) is 7.91. The van der Waals surface area contributed by atoms with Crippen molar-refractivity contribution in [3.8, 4) is 5.75 Å². The zero-order valence-electron chi connectivity index (χ0n) is 13.8. The van der Waals surface area contributed by atoms with Crippen LogP contribution in [-0.2, 0) is 4.79 Å². The number of amides is 1. The molecule has 0 aliphatic heterocycles. The lowest BCUT2D eigenvalue weighted by Gasteiger charge is -2.15. The molecule has 0 saturated heterocycles. The summed E-state index contributed by atoms with van der Waals surface area (Å²) in [6.07, 6.45) is 1.15. The van der Waals surface area contributed by atoms with Gasteiger partial charge in [0.15, 0.2) is 0 Å². The van der Waals surface area contributed by atoms with Gasteiger partial charge in [-0.3, -0.25) is 14.9 Å². The quantitative estimate of drug-likeness (QED) is 0.424. The van der Waals surface area contributed by atoms with Gasteiger partial charge in [-0.1, -0.05) is 18.2 Å². The van der Waals surface area contributed by atoms with Crippen molar-refractivity contribution in [2.45, 2.75) is 19.9 Å². The molecule has 0 aliphatic carbocycles. The first-order valence-corrected chi connectivity index (χ1v) is 7.51. The lowest BCUT2D eigenvalue weighted by atomic mass is 10.2. The standard InChI is InChI=1S/C17H18N4O4/c1-11-5-3-4-6-15(11)19-12(2)17(23)20-18-10-13-9-14(21(24)25)7-8-16(13)22/h3-10,12,19,22H,1-2H3,(H,20,23)/b18-10-/t12-/m0/s1. The van der Waals surface area contributed by atoms with Gasteiger partial charge in [0, 0.05) is 23.4 Å². The topological polar surface area (TPSA) is 117 Å². The highest BCUT2D eigenvalue weighted by atomic mass is 16.6. The third-order valence-corrected chi connectivity index (χ3v) is 3.51. The molecule has 0 saturated carbocycles. The number of para-hydroxylation sites is 1. The Balaban J connectivity index is 1.99. The number of rotatable bonds is 6. The Morgan fingerprint density at radius 2 is 2.04 bits per heavy atom. The average molecular weight is 342 g/mol. The maximum absolute atomic E-state index is 12.1. The number of non-ortho nitro benzene ring substituents is 1. The summed E-state index contributed by atoms with van der Waals surface area (Å²) < 4.78 is 0. The molecule has 8 heteroatoms. The van der Waals surface area contributed by atoms with E-state index in [0.29, 0.717) is 0 Å². The molecule has 1 atom stereocenters. The smallest absolute Gasteiger partial charge is 0.270 e. The van der Waals surface area contributed by atoms with Gasteiger partial charge in [-0.05, 0) is 31.5 Å². The van der Waals surface area contributed by atoms with Gasteiger partial charge < -0.3 is 10.4 Å². The number of nitro benzene ring substituents is 1. The summed E-state index contributed by atoms with van der Waals surface area (Å²) in [5, 5.41) is 27.2. The number of nitro groups is 1. The number of benzene rings is 2. The van der Waals surface area contributed by atoms with Crippen LogP contribution in [0.3, 0.4) is 0 Å². The third-order valence-electron chi connectivity index (χ3n) is 3.51. The lowest BCUT2D eigenvalue weighted by molar-refractivity contribution is -0.384. The molecule has 0 radical (unpaired) electrons. The first-order chi connectivity index (χ1) is 11.9. The van der Waals surface area contributed by atoms with Crippen LogP contribution < -0.4 is 10.7 Å². The molecule has 8 nitrogen and oxygen atoms in total. The maximum Gasteiger partial charge on any atom is 0.270 e. The summed E-state index contributed by atoms with van der Waals surface area (Å²) in [6, 6.07) is 10.6. The van der Waals surface area contributed by atoms with E-state index in [-0.39, 0.29) is 22.9 Å². The maximum atomic E-state index is 12.1. The van der Waals surface area contributed by atoms with Crippen LogP contribution in [0.25, 0.3) is 0 Å². The first kappa shape index (κ1) is 17.9. The average Bonchev–Trinajstić information content (AvgIpc) is 2.58. The number of phenolic OH excluding ortho intramolecular Hbond substituents is 1. The number of phenols is 1. The van der Waals surface area contributed by atoms with E-state index in [9.17, 15) is 20.0 Å². The molecule has 0 aromatic heterocycles. The van der Waals surface area contributed by atoms with Crippen LogP contribution in [0.15, 0.2) is 47.6 Å². The van der Waals surface area contributed by atoms with Gasteiger partial charge in [0.1, 0.15) is 11.8 Å². The van der Waals surface area contributed by atoms with Crippen LogP contribution >= 0.6 is 0 Å². The molecule has 0 aliphatic rings. The molecule has 1 amide bonds. The van der Waals surface area contributed by atoms with Gasteiger partial charge >= 0.3 is 0 Å². The van der Waals surface area contributed by atoms with Crippen LogP contribution in [0.1, 0.15) is 18.1 Å². The van der Waals surface area contributed by atoms with E-state index in [1.165, 1.54) is 18.2 Å². The number of nitrogens with zero attached hydrogens (tertiary/aromatic N) is 2. The highest BCUT2D eigenvalue weighted by Gasteiger charge is 2.13. The van der Waals surface area contributed by atoms with Crippen molar-refractivity contribution in [1.29, 1.82) is 0 Å². The fraction of sp³-hybridized carbons (Fsp3) is 0.176. The van der Waals surface area contributed by atoms with Crippen molar-refractivity contribution in [1.82, 2.24) is 5.43 Å². The van der Waals surface area contributed by atoms with Gasteiger partial charge in [-0.25, -0.2) is 5.43 Å². The second-order valence-electron chi connectivity index (χ2n) is 5.42. The van der Waals surface area contributed by atoms with E-state index in [0.717, 1.165) is 17.5 Å². The van der Waals surface area contributed by atoms with E-state index in [2.05, 4.69) is 15.8 Å². The highest BCUT2D eigenvalue weighted by molar-refractivity contribution is 5.88. The molecular formula is C17H18N4O4. The number of anilines is 1. The van der Waals surface area contributed by atoms with Crippen molar-refractivity contribution in [3.05, 3.63) is 63.7 Å². The molecule has 2 aromatic rings. The largest absolute Gasteiger partial charge is 0.507 e. The van der Waals surface area contributed by atoms with Crippen LogP contribution in [-0.4, -0.2) is 28.2 Å². The summed E-state index contributed by atoms with van der Waals surface area (Å²) in [7, 11) is 0. The molecule has 2 aromatic carbocycles. The van der Waals surface area contributed by atoms with E-state index in [1.54, 1.807) is 6.92 Å². The van der Waals surface area contributed by atoms with Crippen LogP contribution in [0, 0.1) is 17.0 Å². The van der Waals surface area contributed by atoms with Crippen molar-refractivity contribution in [2.75, 3.05) is 5.32 Å². The zero-order valence-corrected chi connectivity index (χ0v) is 13.8. The van der Waals surface area contributed by atoms with E-state index < -0.39 is 11.0 Å². The molecule has 0 heterocycles. The van der Waals surface area contributed by atoms with Gasteiger partial charge in [0.25, 0.3) is 11.6 Å². The molecule has 0 bridgehead atoms. The SMILES string of the molecule is Cc1ccccc1N[C@@H](C)C(=O)N/N=C\c1cc([N+](=O)[O-])ccc1O. The summed E-state index contributed by atoms with van der Waals surface area (Å²) in [5.41, 5.74) is 4.13. The van der Waals surface area contributed by atoms with Crippen LogP contribution in [0.5, 0.6) is 5.75 Å². The number of hydrogen-bond donors (Lipinski definition) is 3. The lowest BCUT2D eigenvalue weighted by Crippen LogP contribution is -2.35. The van der Waals surface area contributed by atoms with Crippen LogP contribution in [0.4, 0.5) is 11.4 Å². The van der Waals surface area contributed by atoms with Crippen molar-refractivity contribution >= 4 is 23.5 Å². The molecule has 0 unspecified atom stereocenters. The molecular weight excluding hydrogens is 324 g/mol. The van der Waals surface area contributed by atoms with Crippen molar-refractivity contribution in [2.24, 2.45) is 5.10 Å². The second-order valence-corrected chi connectivity index (χ2v) is 5.42. The summed E-state index contributed by atoms with van der Waals surface area (Å²) in [6.45, 7) is 3.61. The molecule has 25 heavy (non-hydrogen) atoms. The molecule has 0 spiro atoms. The van der Waals surface area contributed by atoms with Crippen molar-refractivity contribution in [3.63, 3.8) is 0 Å². The number of hydrazone groups is 1. The minimum absolute atomic E-state index is 0.133. The minimum Gasteiger partial charge on any atom is -0.507 e. The summed E-state index contributed by atoms with van der Waals surface area (Å²) >= 11 is 0. The monoisotopic (exact) mass is 342 g/mol. The minimum atomic E-state index is -0.580. The van der Waals surface area contributed by atoms with Gasteiger partial charge in [0.2, 0.25) is 0 Å². The number of carbonyl (C=O) groups excluding carboxylic acids is 1. The number of hydrogen-bond acceptors (Lipinski definition) is 6. The Bertz CT molecular complexity index is 820. The number of carbonyl (C=O) groups is 1. The fourth-order valence-electron chi connectivity index (χ4n) is 2.05. The number of nitrogens with one attached hydrogen (secondary N) is 2. The van der Waals surface area contributed by atoms with Gasteiger partial charge in [0.05, 0.1) is 11.1 Å². The number of aromatic hydroxyl groups is 1. The van der Waals surface area contributed by atoms with Gasteiger partial charge in [-0.15, -0.1) is 0 Å².